The van der Waals surface area contributed by atoms with Crippen LogP contribution in [-0.4, -0.2) is 24.6 Å². The number of nitrogens with zero attached hydrogens (tertiary/aromatic N) is 1. The van der Waals surface area contributed by atoms with Gasteiger partial charge in [0.15, 0.2) is 0 Å². The molecular formula is C23H42N+. The molecule has 0 saturated heterocycles. The SMILES string of the molecule is CCCCCCCCCCCC[N+](C)(CCC)Cc1ccccc1. The standard InChI is InChI=1S/C23H42N/c1-4-6-7-8-9-10-11-12-13-17-21-24(3,20-5-2)22-23-18-15-14-16-19-23/h14-16,18-19H,4-13,17,20-22H2,1-3H3/q+1. The van der Waals surface area contributed by atoms with Crippen LogP contribution in [0.25, 0.3) is 0 Å². The summed E-state index contributed by atoms with van der Waals surface area (Å²) < 4.78 is 1.21. The summed E-state index contributed by atoms with van der Waals surface area (Å²) in [4.78, 5) is 0. The van der Waals surface area contributed by atoms with E-state index in [1.807, 2.05) is 0 Å². The molecule has 0 heterocycles. The molecule has 1 aromatic rings. The third kappa shape index (κ3) is 10.1. The van der Waals surface area contributed by atoms with Crippen molar-refractivity contribution in [3.05, 3.63) is 35.9 Å². The molecule has 1 heteroatoms. The van der Waals surface area contributed by atoms with Crippen LogP contribution in [0, 0.1) is 0 Å². The molecule has 0 radical (unpaired) electrons. The topological polar surface area (TPSA) is 0 Å². The molecular weight excluding hydrogens is 290 g/mol. The second kappa shape index (κ2) is 13.5. The number of benzene rings is 1. The number of rotatable bonds is 15. The maximum Gasteiger partial charge on any atom is 0.104 e. The van der Waals surface area contributed by atoms with Gasteiger partial charge in [-0.2, -0.15) is 0 Å². The van der Waals surface area contributed by atoms with E-state index in [1.165, 1.54) is 100 Å². The minimum Gasteiger partial charge on any atom is -0.322 e. The van der Waals surface area contributed by atoms with E-state index in [9.17, 15) is 0 Å². The summed E-state index contributed by atoms with van der Waals surface area (Å²) in [6.45, 7) is 8.43. The highest BCUT2D eigenvalue weighted by molar-refractivity contribution is 5.13. The maximum atomic E-state index is 2.45. The van der Waals surface area contributed by atoms with E-state index in [1.54, 1.807) is 0 Å². The number of hydrogen-bond acceptors (Lipinski definition) is 0. The fraction of sp³-hybridized carbons (Fsp3) is 0.739. The van der Waals surface area contributed by atoms with Crippen molar-refractivity contribution in [3.8, 4) is 0 Å². The van der Waals surface area contributed by atoms with Crippen LogP contribution in [-0.2, 0) is 6.54 Å². The van der Waals surface area contributed by atoms with E-state index in [2.05, 4.69) is 51.2 Å². The van der Waals surface area contributed by atoms with Gasteiger partial charge in [0.05, 0.1) is 20.1 Å². The Kier molecular flexibility index (Phi) is 11.9. The Labute approximate surface area is 152 Å². The molecule has 1 atom stereocenters. The molecule has 0 amide bonds. The molecule has 0 N–H and O–H groups in total. The van der Waals surface area contributed by atoms with Crippen molar-refractivity contribution in [2.24, 2.45) is 0 Å². The highest BCUT2D eigenvalue weighted by Gasteiger charge is 2.20. The Morgan fingerprint density at radius 1 is 0.625 bits per heavy atom. The normalized spacial score (nSPS) is 13.8. The summed E-state index contributed by atoms with van der Waals surface area (Å²) in [5, 5.41) is 0. The summed E-state index contributed by atoms with van der Waals surface area (Å²) in [6.07, 6.45) is 15.6. The van der Waals surface area contributed by atoms with E-state index in [4.69, 9.17) is 0 Å². The zero-order valence-electron chi connectivity index (χ0n) is 16.7. The number of unbranched alkanes of at least 4 members (excludes halogenated alkanes) is 9. The van der Waals surface area contributed by atoms with Crippen molar-refractivity contribution in [2.45, 2.75) is 91.0 Å². The highest BCUT2D eigenvalue weighted by Crippen LogP contribution is 2.16. The van der Waals surface area contributed by atoms with Crippen molar-refractivity contribution >= 4 is 0 Å². The largest absolute Gasteiger partial charge is 0.322 e. The van der Waals surface area contributed by atoms with Gasteiger partial charge in [0.25, 0.3) is 0 Å². The van der Waals surface area contributed by atoms with Crippen LogP contribution in [0.5, 0.6) is 0 Å². The third-order valence-electron chi connectivity index (χ3n) is 5.22. The lowest BCUT2D eigenvalue weighted by Crippen LogP contribution is -2.44. The second-order valence-electron chi connectivity index (χ2n) is 7.89. The van der Waals surface area contributed by atoms with Crippen LogP contribution < -0.4 is 0 Å². The Bertz CT molecular complexity index is 386. The van der Waals surface area contributed by atoms with Gasteiger partial charge in [0.2, 0.25) is 0 Å². The fourth-order valence-electron chi connectivity index (χ4n) is 3.81. The summed E-state index contributed by atoms with van der Waals surface area (Å²) >= 11 is 0. The van der Waals surface area contributed by atoms with E-state index >= 15 is 0 Å². The average Bonchev–Trinajstić information content (AvgIpc) is 2.57. The fourth-order valence-corrected chi connectivity index (χ4v) is 3.81. The Balaban J connectivity index is 2.15. The Morgan fingerprint density at radius 2 is 1.17 bits per heavy atom. The van der Waals surface area contributed by atoms with Crippen LogP contribution in [0.1, 0.15) is 90.0 Å². The summed E-state index contributed by atoms with van der Waals surface area (Å²) in [5.74, 6) is 0. The molecule has 0 aromatic heterocycles. The van der Waals surface area contributed by atoms with Gasteiger partial charge in [-0.3, -0.25) is 0 Å². The van der Waals surface area contributed by atoms with Gasteiger partial charge in [-0.15, -0.1) is 0 Å². The van der Waals surface area contributed by atoms with Crippen LogP contribution >= 0.6 is 0 Å². The van der Waals surface area contributed by atoms with E-state index < -0.39 is 0 Å². The van der Waals surface area contributed by atoms with Gasteiger partial charge in [-0.05, 0) is 19.3 Å². The van der Waals surface area contributed by atoms with Crippen molar-refractivity contribution in [2.75, 3.05) is 20.1 Å². The quantitative estimate of drug-likeness (QED) is 0.240. The van der Waals surface area contributed by atoms with Crippen molar-refractivity contribution in [3.63, 3.8) is 0 Å². The van der Waals surface area contributed by atoms with Gasteiger partial charge in [-0.25, -0.2) is 0 Å². The molecule has 1 unspecified atom stereocenters. The lowest BCUT2D eigenvalue weighted by molar-refractivity contribution is -0.922. The average molecular weight is 333 g/mol. The second-order valence-corrected chi connectivity index (χ2v) is 7.89. The third-order valence-corrected chi connectivity index (χ3v) is 5.22. The first-order valence-corrected chi connectivity index (χ1v) is 10.6. The molecule has 1 nitrogen and oxygen atoms in total. The summed E-state index contributed by atoms with van der Waals surface area (Å²) in [6, 6.07) is 11.0. The van der Waals surface area contributed by atoms with Crippen LogP contribution in [0.15, 0.2) is 30.3 Å². The van der Waals surface area contributed by atoms with Crippen molar-refractivity contribution in [1.82, 2.24) is 0 Å². The van der Waals surface area contributed by atoms with Gasteiger partial charge >= 0.3 is 0 Å². The predicted molar refractivity (Wildman–Crippen MR) is 108 cm³/mol. The number of hydrogen-bond donors (Lipinski definition) is 0. The van der Waals surface area contributed by atoms with Gasteiger partial charge in [0.1, 0.15) is 6.54 Å². The van der Waals surface area contributed by atoms with Crippen LogP contribution in [0.3, 0.4) is 0 Å². The molecule has 138 valence electrons. The molecule has 0 aliphatic rings. The lowest BCUT2D eigenvalue weighted by Gasteiger charge is -2.34. The van der Waals surface area contributed by atoms with E-state index in [0.29, 0.717) is 0 Å². The van der Waals surface area contributed by atoms with E-state index in [0.717, 1.165) is 0 Å². The monoisotopic (exact) mass is 332 g/mol. The Morgan fingerprint density at radius 3 is 1.71 bits per heavy atom. The summed E-state index contributed by atoms with van der Waals surface area (Å²) in [7, 11) is 2.45. The van der Waals surface area contributed by atoms with Gasteiger partial charge in [0, 0.05) is 5.56 Å². The molecule has 0 bridgehead atoms. The van der Waals surface area contributed by atoms with Gasteiger partial charge in [-0.1, -0.05) is 95.5 Å². The molecule has 24 heavy (non-hydrogen) atoms. The molecule has 0 spiro atoms. The zero-order valence-corrected chi connectivity index (χ0v) is 16.7. The minimum atomic E-state index is 1.19. The first-order valence-electron chi connectivity index (χ1n) is 10.6. The minimum absolute atomic E-state index is 1.19. The zero-order chi connectivity index (χ0) is 17.5. The molecule has 1 rings (SSSR count). The smallest absolute Gasteiger partial charge is 0.104 e. The molecule has 0 saturated carbocycles. The van der Waals surface area contributed by atoms with Crippen molar-refractivity contribution in [1.29, 1.82) is 0 Å². The first kappa shape index (κ1) is 21.2. The first-order chi connectivity index (χ1) is 11.7. The van der Waals surface area contributed by atoms with E-state index in [-0.39, 0.29) is 0 Å². The Hall–Kier alpha value is -0.820. The van der Waals surface area contributed by atoms with Crippen LogP contribution in [0.2, 0.25) is 0 Å². The van der Waals surface area contributed by atoms with Gasteiger partial charge < -0.3 is 4.48 Å². The predicted octanol–water partition coefficient (Wildman–Crippen LogP) is 6.96. The number of quaternary nitrogens is 1. The molecule has 0 fully saturated rings. The van der Waals surface area contributed by atoms with Crippen molar-refractivity contribution < 1.29 is 4.48 Å². The maximum absolute atomic E-state index is 2.45. The highest BCUT2D eigenvalue weighted by atomic mass is 15.3. The molecule has 0 aliphatic carbocycles. The molecule has 0 aliphatic heterocycles. The molecule has 1 aromatic carbocycles. The lowest BCUT2D eigenvalue weighted by atomic mass is 10.1. The summed E-state index contributed by atoms with van der Waals surface area (Å²) in [5.41, 5.74) is 1.49. The van der Waals surface area contributed by atoms with Crippen LogP contribution in [0.4, 0.5) is 0 Å².